The standard InChI is InChI=1S/C22H24ClFN4O/c1-13(2)28-20(8-9-25-28)19-12-15(21(29)27-22(3,4)5)11-18(26-19)14-6-7-17(24)16(23)10-14/h6-13H,1-5H3,(H,27,29). The number of carbonyl (C=O) groups excluding carboxylic acids is 1. The molecule has 0 spiro atoms. The third-order valence-corrected chi connectivity index (χ3v) is 4.50. The molecule has 0 aliphatic carbocycles. The van der Waals surface area contributed by atoms with E-state index in [1.54, 1.807) is 24.4 Å². The average molecular weight is 415 g/mol. The van der Waals surface area contributed by atoms with Gasteiger partial charge in [-0.2, -0.15) is 5.10 Å². The molecule has 3 rings (SSSR count). The third-order valence-electron chi connectivity index (χ3n) is 4.21. The van der Waals surface area contributed by atoms with E-state index in [9.17, 15) is 9.18 Å². The molecular weight excluding hydrogens is 391 g/mol. The first-order valence-corrected chi connectivity index (χ1v) is 9.77. The summed E-state index contributed by atoms with van der Waals surface area (Å²) in [6.45, 7) is 9.80. The van der Waals surface area contributed by atoms with Crippen molar-refractivity contribution in [2.24, 2.45) is 0 Å². The zero-order chi connectivity index (χ0) is 21.3. The molecule has 0 fully saturated rings. The quantitative estimate of drug-likeness (QED) is 0.612. The van der Waals surface area contributed by atoms with Gasteiger partial charge in [0.25, 0.3) is 5.91 Å². The van der Waals surface area contributed by atoms with Crippen molar-refractivity contribution in [1.29, 1.82) is 0 Å². The smallest absolute Gasteiger partial charge is 0.251 e. The maximum Gasteiger partial charge on any atom is 0.251 e. The molecule has 0 aliphatic heterocycles. The largest absolute Gasteiger partial charge is 0.347 e. The summed E-state index contributed by atoms with van der Waals surface area (Å²) in [5, 5.41) is 7.33. The Hall–Kier alpha value is -2.73. The highest BCUT2D eigenvalue weighted by atomic mass is 35.5. The molecule has 3 aromatic rings. The predicted octanol–water partition coefficient (Wildman–Crippen LogP) is 5.51. The van der Waals surface area contributed by atoms with Gasteiger partial charge < -0.3 is 5.32 Å². The summed E-state index contributed by atoms with van der Waals surface area (Å²) in [6.07, 6.45) is 1.70. The van der Waals surface area contributed by atoms with Gasteiger partial charge in [-0.15, -0.1) is 0 Å². The topological polar surface area (TPSA) is 59.8 Å². The summed E-state index contributed by atoms with van der Waals surface area (Å²) in [4.78, 5) is 17.6. The Balaban J connectivity index is 2.17. The van der Waals surface area contributed by atoms with Gasteiger partial charge in [0.1, 0.15) is 5.82 Å². The first-order chi connectivity index (χ1) is 13.5. The van der Waals surface area contributed by atoms with Crippen molar-refractivity contribution in [2.75, 3.05) is 0 Å². The van der Waals surface area contributed by atoms with E-state index >= 15 is 0 Å². The number of aromatic nitrogens is 3. The molecule has 2 heterocycles. The van der Waals surface area contributed by atoms with Gasteiger partial charge in [0.05, 0.1) is 22.1 Å². The molecule has 0 atom stereocenters. The maximum absolute atomic E-state index is 13.6. The van der Waals surface area contributed by atoms with Gasteiger partial charge in [0.15, 0.2) is 0 Å². The average Bonchev–Trinajstić information content (AvgIpc) is 3.12. The lowest BCUT2D eigenvalue weighted by atomic mass is 10.0. The lowest BCUT2D eigenvalue weighted by molar-refractivity contribution is 0.0919. The van der Waals surface area contributed by atoms with Crippen LogP contribution in [-0.2, 0) is 0 Å². The number of carbonyl (C=O) groups is 1. The van der Waals surface area contributed by atoms with Crippen molar-refractivity contribution >= 4 is 17.5 Å². The highest BCUT2D eigenvalue weighted by Gasteiger charge is 2.19. The van der Waals surface area contributed by atoms with Crippen LogP contribution in [0.15, 0.2) is 42.6 Å². The van der Waals surface area contributed by atoms with Crippen molar-refractivity contribution in [3.8, 4) is 22.6 Å². The fraction of sp³-hybridized carbons (Fsp3) is 0.318. The molecule has 0 aliphatic rings. The maximum atomic E-state index is 13.6. The van der Waals surface area contributed by atoms with Gasteiger partial charge in [-0.1, -0.05) is 11.6 Å². The van der Waals surface area contributed by atoms with Crippen molar-refractivity contribution in [3.05, 3.63) is 59.0 Å². The van der Waals surface area contributed by atoms with E-state index in [1.165, 1.54) is 12.1 Å². The Morgan fingerprint density at radius 2 is 1.83 bits per heavy atom. The molecule has 0 saturated carbocycles. The zero-order valence-electron chi connectivity index (χ0n) is 17.1. The van der Waals surface area contributed by atoms with Crippen LogP contribution in [0.5, 0.6) is 0 Å². The number of rotatable bonds is 4. The first-order valence-electron chi connectivity index (χ1n) is 9.39. The molecule has 1 amide bonds. The van der Waals surface area contributed by atoms with Gasteiger partial charge in [-0.3, -0.25) is 9.48 Å². The number of hydrogen-bond acceptors (Lipinski definition) is 3. The number of halogens is 2. The number of hydrogen-bond donors (Lipinski definition) is 1. The molecule has 1 N–H and O–H groups in total. The Morgan fingerprint density at radius 3 is 2.45 bits per heavy atom. The molecule has 2 aromatic heterocycles. The molecular formula is C22H24ClFN4O. The number of benzene rings is 1. The van der Waals surface area contributed by atoms with Crippen molar-refractivity contribution in [2.45, 2.75) is 46.2 Å². The van der Waals surface area contributed by atoms with Crippen molar-refractivity contribution in [1.82, 2.24) is 20.1 Å². The SMILES string of the molecule is CC(C)n1nccc1-c1cc(C(=O)NC(C)(C)C)cc(-c2ccc(F)c(Cl)c2)n1. The van der Waals surface area contributed by atoms with Crippen molar-refractivity contribution in [3.63, 3.8) is 0 Å². The highest BCUT2D eigenvalue weighted by molar-refractivity contribution is 6.31. The van der Waals surface area contributed by atoms with Crippen LogP contribution in [0, 0.1) is 5.82 Å². The summed E-state index contributed by atoms with van der Waals surface area (Å²) < 4.78 is 15.5. The second-order valence-corrected chi connectivity index (χ2v) is 8.62. The van der Waals surface area contributed by atoms with Crippen LogP contribution in [0.4, 0.5) is 4.39 Å². The lowest BCUT2D eigenvalue weighted by Crippen LogP contribution is -2.40. The fourth-order valence-electron chi connectivity index (χ4n) is 2.94. The second-order valence-electron chi connectivity index (χ2n) is 8.21. The molecule has 152 valence electrons. The molecule has 5 nitrogen and oxygen atoms in total. The third kappa shape index (κ3) is 4.82. The van der Waals surface area contributed by atoms with Crippen LogP contribution in [0.25, 0.3) is 22.6 Å². The van der Waals surface area contributed by atoms with Crippen LogP contribution in [0.2, 0.25) is 5.02 Å². The first kappa shape index (κ1) is 21.0. The van der Waals surface area contributed by atoms with E-state index in [0.717, 1.165) is 5.69 Å². The van der Waals surface area contributed by atoms with E-state index in [2.05, 4.69) is 10.4 Å². The Morgan fingerprint density at radius 1 is 1.14 bits per heavy atom. The highest BCUT2D eigenvalue weighted by Crippen LogP contribution is 2.28. The van der Waals surface area contributed by atoms with Crippen LogP contribution in [0.3, 0.4) is 0 Å². The minimum atomic E-state index is -0.504. The molecule has 0 saturated heterocycles. The summed E-state index contributed by atoms with van der Waals surface area (Å²) in [5.74, 6) is -0.721. The van der Waals surface area contributed by atoms with Gasteiger partial charge in [-0.25, -0.2) is 9.37 Å². The minimum absolute atomic E-state index is 0.00242. The Labute approximate surface area is 174 Å². The predicted molar refractivity (Wildman–Crippen MR) is 113 cm³/mol. The fourth-order valence-corrected chi connectivity index (χ4v) is 3.12. The van der Waals surface area contributed by atoms with Crippen LogP contribution in [0.1, 0.15) is 51.0 Å². The summed E-state index contributed by atoms with van der Waals surface area (Å²) >= 11 is 5.96. The number of nitrogens with zero attached hydrogens (tertiary/aromatic N) is 3. The Bertz CT molecular complexity index is 1050. The van der Waals surface area contributed by atoms with E-state index < -0.39 is 5.82 Å². The monoisotopic (exact) mass is 414 g/mol. The summed E-state index contributed by atoms with van der Waals surface area (Å²) in [5.41, 5.74) is 2.61. The number of nitrogens with one attached hydrogen (secondary N) is 1. The number of pyridine rings is 1. The molecule has 0 radical (unpaired) electrons. The van der Waals surface area contributed by atoms with Gasteiger partial charge >= 0.3 is 0 Å². The van der Waals surface area contributed by atoms with Gasteiger partial charge in [0.2, 0.25) is 0 Å². The zero-order valence-corrected chi connectivity index (χ0v) is 17.9. The lowest BCUT2D eigenvalue weighted by Gasteiger charge is -2.21. The summed E-state index contributed by atoms with van der Waals surface area (Å²) in [6, 6.07) is 9.80. The van der Waals surface area contributed by atoms with E-state index in [0.29, 0.717) is 22.5 Å². The van der Waals surface area contributed by atoms with Gasteiger partial charge in [0, 0.05) is 28.9 Å². The normalized spacial score (nSPS) is 11.7. The van der Waals surface area contributed by atoms with Crippen LogP contribution in [-0.4, -0.2) is 26.2 Å². The van der Waals surface area contributed by atoms with Crippen molar-refractivity contribution < 1.29 is 9.18 Å². The molecule has 0 bridgehead atoms. The van der Waals surface area contributed by atoms with E-state index in [-0.39, 0.29) is 22.5 Å². The second kappa shape index (κ2) is 7.95. The molecule has 0 unspecified atom stereocenters. The van der Waals surface area contributed by atoms with E-state index in [1.807, 2.05) is 45.4 Å². The minimum Gasteiger partial charge on any atom is -0.347 e. The molecule has 7 heteroatoms. The van der Waals surface area contributed by atoms with Crippen LogP contribution >= 0.6 is 11.6 Å². The Kier molecular flexibility index (Phi) is 5.75. The summed E-state index contributed by atoms with van der Waals surface area (Å²) in [7, 11) is 0. The molecule has 29 heavy (non-hydrogen) atoms. The van der Waals surface area contributed by atoms with E-state index in [4.69, 9.17) is 16.6 Å². The van der Waals surface area contributed by atoms with Gasteiger partial charge in [-0.05, 0) is 71.0 Å². The molecule has 1 aromatic carbocycles. The van der Waals surface area contributed by atoms with Crippen LogP contribution < -0.4 is 5.32 Å². The number of amides is 1.